The number of hydrogen-bond donors (Lipinski definition) is 3. The molecule has 1 aromatic heterocycles. The molecule has 6 heteroatoms. The van der Waals surface area contributed by atoms with Crippen LogP contribution in [0.3, 0.4) is 0 Å². The third kappa shape index (κ3) is 2.69. The Kier molecular flexibility index (Phi) is 3.98. The van der Waals surface area contributed by atoms with Crippen molar-refractivity contribution in [3.8, 4) is 0 Å². The van der Waals surface area contributed by atoms with Crippen molar-refractivity contribution in [2.75, 3.05) is 18.1 Å². The van der Waals surface area contributed by atoms with E-state index >= 15 is 0 Å². The number of anilines is 2. The van der Waals surface area contributed by atoms with E-state index in [-0.39, 0.29) is 18.0 Å². The largest absolute Gasteiger partial charge is 0.394 e. The second-order valence-corrected chi connectivity index (χ2v) is 4.37. The zero-order chi connectivity index (χ0) is 13.2. The first kappa shape index (κ1) is 13.3. The van der Waals surface area contributed by atoms with Crippen LogP contribution in [-0.2, 0) is 4.79 Å². The zero-order valence-corrected chi connectivity index (χ0v) is 11.0. The number of likely N-dealkylation sites (N-methyl/N-ethyl adjacent to an activating group) is 1. The normalized spacial score (nSPS) is 12.6. The van der Waals surface area contributed by atoms with Crippen molar-refractivity contribution in [1.82, 2.24) is 15.1 Å². The molecule has 0 radical (unpaired) electrons. The highest BCUT2D eigenvalue weighted by Gasteiger charge is 2.19. The maximum Gasteiger partial charge on any atom is 0.241 e. The Morgan fingerprint density at radius 2 is 2.00 bits per heavy atom. The minimum absolute atomic E-state index is 0.0847. The van der Waals surface area contributed by atoms with Crippen molar-refractivity contribution in [1.29, 1.82) is 0 Å². The van der Waals surface area contributed by atoms with Gasteiger partial charge < -0.3 is 16.4 Å². The van der Waals surface area contributed by atoms with Crippen LogP contribution in [0.2, 0.25) is 0 Å². The molecule has 6 nitrogen and oxygen atoms in total. The summed E-state index contributed by atoms with van der Waals surface area (Å²) in [5, 5.41) is 10.0. The van der Waals surface area contributed by atoms with E-state index in [9.17, 15) is 4.79 Å². The topological polar surface area (TPSA) is 85.0 Å². The molecule has 1 aromatic rings. The van der Waals surface area contributed by atoms with Gasteiger partial charge in [-0.3, -0.25) is 4.79 Å². The van der Waals surface area contributed by atoms with Crippen molar-refractivity contribution in [2.24, 2.45) is 0 Å². The summed E-state index contributed by atoms with van der Waals surface area (Å²) in [5.74, 6) is 0.618. The fraction of sp³-hybridized carbons (Fsp3) is 0.636. The quantitative estimate of drug-likeness (QED) is 0.729. The molecule has 17 heavy (non-hydrogen) atoms. The van der Waals surface area contributed by atoms with Crippen LogP contribution in [0.4, 0.5) is 11.5 Å². The van der Waals surface area contributed by atoms with E-state index in [1.54, 1.807) is 18.7 Å². The van der Waals surface area contributed by atoms with Crippen LogP contribution in [0.1, 0.15) is 32.5 Å². The number of nitrogens with one attached hydrogen (secondary N) is 2. The van der Waals surface area contributed by atoms with E-state index in [2.05, 4.69) is 15.7 Å². The maximum atomic E-state index is 11.5. The van der Waals surface area contributed by atoms with Crippen LogP contribution in [-0.4, -0.2) is 28.8 Å². The predicted octanol–water partition coefficient (Wildman–Crippen LogP) is 0.901. The molecule has 0 bridgehead atoms. The number of nitrogen functional groups attached to an aromatic ring is 1. The number of aryl methyl sites for hydroxylation is 1. The summed E-state index contributed by atoms with van der Waals surface area (Å²) < 4.78 is 1.80. The summed E-state index contributed by atoms with van der Waals surface area (Å²) in [6.07, 6.45) is 0. The van der Waals surface area contributed by atoms with Gasteiger partial charge in [-0.2, -0.15) is 5.10 Å². The van der Waals surface area contributed by atoms with E-state index in [4.69, 9.17) is 5.73 Å². The van der Waals surface area contributed by atoms with Crippen molar-refractivity contribution in [3.05, 3.63) is 5.69 Å². The van der Waals surface area contributed by atoms with E-state index < -0.39 is 0 Å². The Labute approximate surface area is 102 Å². The molecule has 0 saturated heterocycles. The fourth-order valence-corrected chi connectivity index (χ4v) is 1.56. The summed E-state index contributed by atoms with van der Waals surface area (Å²) in [4.78, 5) is 11.5. The van der Waals surface area contributed by atoms with Gasteiger partial charge in [-0.1, -0.05) is 0 Å². The standard InChI is InChI=1S/C11H21N5O/c1-6(2)16-10(9(12)7(3)15-16)14-8(4)11(17)13-5/h6,8,14H,12H2,1-5H3,(H,13,17). The molecule has 0 saturated carbocycles. The monoisotopic (exact) mass is 239 g/mol. The zero-order valence-electron chi connectivity index (χ0n) is 11.0. The molecule has 1 atom stereocenters. The third-order valence-corrected chi connectivity index (χ3v) is 2.61. The fourth-order valence-electron chi connectivity index (χ4n) is 1.56. The van der Waals surface area contributed by atoms with E-state index in [0.29, 0.717) is 11.5 Å². The van der Waals surface area contributed by atoms with Gasteiger partial charge in [0, 0.05) is 13.1 Å². The molecule has 96 valence electrons. The lowest BCUT2D eigenvalue weighted by Gasteiger charge is -2.17. The lowest BCUT2D eigenvalue weighted by Crippen LogP contribution is -2.36. The smallest absolute Gasteiger partial charge is 0.241 e. The van der Waals surface area contributed by atoms with Crippen molar-refractivity contribution >= 4 is 17.4 Å². The number of rotatable bonds is 4. The second-order valence-electron chi connectivity index (χ2n) is 4.37. The van der Waals surface area contributed by atoms with Crippen molar-refractivity contribution in [3.63, 3.8) is 0 Å². The van der Waals surface area contributed by atoms with E-state index in [1.807, 2.05) is 20.8 Å². The lowest BCUT2D eigenvalue weighted by molar-refractivity contribution is -0.121. The molecule has 4 N–H and O–H groups in total. The van der Waals surface area contributed by atoms with Gasteiger partial charge in [-0.05, 0) is 27.7 Å². The minimum Gasteiger partial charge on any atom is -0.394 e. The van der Waals surface area contributed by atoms with E-state index in [0.717, 1.165) is 5.69 Å². The molecule has 0 aliphatic carbocycles. The molecular weight excluding hydrogens is 218 g/mol. The first-order valence-corrected chi connectivity index (χ1v) is 5.71. The Morgan fingerprint density at radius 1 is 1.41 bits per heavy atom. The Hall–Kier alpha value is -1.72. The summed E-state index contributed by atoms with van der Waals surface area (Å²) >= 11 is 0. The minimum atomic E-state index is -0.351. The van der Waals surface area contributed by atoms with Crippen LogP contribution in [0.15, 0.2) is 0 Å². The number of nitrogens with two attached hydrogens (primary N) is 1. The summed E-state index contributed by atoms with van der Waals surface area (Å²) in [5.41, 5.74) is 7.31. The Balaban J connectivity index is 3.01. The van der Waals surface area contributed by atoms with Crippen LogP contribution in [0.25, 0.3) is 0 Å². The highest BCUT2D eigenvalue weighted by atomic mass is 16.2. The maximum absolute atomic E-state index is 11.5. The molecule has 1 rings (SSSR count). The van der Waals surface area contributed by atoms with Crippen LogP contribution in [0, 0.1) is 6.92 Å². The first-order valence-electron chi connectivity index (χ1n) is 5.71. The molecule has 1 unspecified atom stereocenters. The second kappa shape index (κ2) is 5.07. The van der Waals surface area contributed by atoms with Gasteiger partial charge in [0.15, 0.2) is 0 Å². The number of aromatic nitrogens is 2. The molecule has 1 amide bonds. The van der Waals surface area contributed by atoms with Gasteiger partial charge in [-0.25, -0.2) is 4.68 Å². The van der Waals surface area contributed by atoms with Gasteiger partial charge in [0.05, 0.1) is 11.4 Å². The van der Waals surface area contributed by atoms with Crippen LogP contribution in [0.5, 0.6) is 0 Å². The van der Waals surface area contributed by atoms with Gasteiger partial charge in [-0.15, -0.1) is 0 Å². The number of hydrogen-bond acceptors (Lipinski definition) is 4. The molecule has 0 fully saturated rings. The average molecular weight is 239 g/mol. The summed E-state index contributed by atoms with van der Waals surface area (Å²) in [7, 11) is 1.61. The Morgan fingerprint density at radius 3 is 2.47 bits per heavy atom. The third-order valence-electron chi connectivity index (χ3n) is 2.61. The molecule has 0 aliphatic rings. The summed E-state index contributed by atoms with van der Waals surface area (Å²) in [6, 6.07) is -0.165. The molecule has 0 spiro atoms. The Bertz CT molecular complexity index is 410. The predicted molar refractivity (Wildman–Crippen MR) is 68.9 cm³/mol. The average Bonchev–Trinajstić information content (AvgIpc) is 2.56. The van der Waals surface area contributed by atoms with Crippen molar-refractivity contribution < 1.29 is 4.79 Å². The molecule has 0 aromatic carbocycles. The number of carbonyl (C=O) groups excluding carboxylic acids is 1. The van der Waals surface area contributed by atoms with Crippen LogP contribution < -0.4 is 16.4 Å². The number of nitrogens with zero attached hydrogens (tertiary/aromatic N) is 2. The SMILES string of the molecule is CNC(=O)C(C)Nc1c(N)c(C)nn1C(C)C. The first-order chi connectivity index (χ1) is 7.88. The highest BCUT2D eigenvalue weighted by Crippen LogP contribution is 2.25. The van der Waals surface area contributed by atoms with Gasteiger partial charge in [0.25, 0.3) is 0 Å². The molecular formula is C11H21N5O. The van der Waals surface area contributed by atoms with Gasteiger partial charge in [0.1, 0.15) is 11.9 Å². The van der Waals surface area contributed by atoms with E-state index in [1.165, 1.54) is 0 Å². The number of amides is 1. The lowest BCUT2D eigenvalue weighted by atomic mass is 10.3. The summed E-state index contributed by atoms with van der Waals surface area (Å²) in [6.45, 7) is 7.67. The molecule has 0 aliphatic heterocycles. The van der Waals surface area contributed by atoms with Crippen molar-refractivity contribution in [2.45, 2.75) is 39.8 Å². The highest BCUT2D eigenvalue weighted by molar-refractivity contribution is 5.84. The number of carbonyl (C=O) groups is 1. The van der Waals surface area contributed by atoms with Crippen LogP contribution >= 0.6 is 0 Å². The molecule has 1 heterocycles. The van der Waals surface area contributed by atoms with Gasteiger partial charge in [0.2, 0.25) is 5.91 Å². The van der Waals surface area contributed by atoms with Gasteiger partial charge >= 0.3 is 0 Å².